The number of amides is 4. The van der Waals surface area contributed by atoms with Crippen LogP contribution in [0.15, 0.2) is 42.5 Å². The van der Waals surface area contributed by atoms with Crippen LogP contribution in [0.3, 0.4) is 0 Å². The third kappa shape index (κ3) is 4.03. The van der Waals surface area contributed by atoms with Crippen LogP contribution in [0.1, 0.15) is 25.5 Å². The van der Waals surface area contributed by atoms with Gasteiger partial charge >= 0.3 is 6.03 Å². The number of nitrogens with one attached hydrogen (secondary N) is 1. The number of fused-ring (bicyclic) bond motifs is 1. The van der Waals surface area contributed by atoms with Crippen molar-refractivity contribution in [1.29, 1.82) is 0 Å². The molecule has 8 nitrogen and oxygen atoms in total. The van der Waals surface area contributed by atoms with Crippen molar-refractivity contribution >= 4 is 23.5 Å². The van der Waals surface area contributed by atoms with Gasteiger partial charge in [0.25, 0.3) is 5.91 Å². The molecule has 4 amide bonds. The molecule has 0 spiro atoms. The van der Waals surface area contributed by atoms with Crippen LogP contribution in [-0.2, 0) is 9.59 Å². The number of urea groups is 1. The van der Waals surface area contributed by atoms with Gasteiger partial charge in [-0.1, -0.05) is 6.07 Å². The van der Waals surface area contributed by atoms with Gasteiger partial charge in [-0.15, -0.1) is 0 Å². The van der Waals surface area contributed by atoms with Crippen molar-refractivity contribution in [2.45, 2.75) is 25.9 Å². The van der Waals surface area contributed by atoms with Gasteiger partial charge in [-0.05, 0) is 55.8 Å². The number of carbonyl (C=O) groups excluding carboxylic acids is 3. The summed E-state index contributed by atoms with van der Waals surface area (Å²) in [4.78, 5) is 40.1. The number of imide groups is 1. The van der Waals surface area contributed by atoms with Gasteiger partial charge in [0.1, 0.15) is 31.6 Å². The van der Waals surface area contributed by atoms with Gasteiger partial charge < -0.3 is 14.8 Å². The Kier molecular flexibility index (Phi) is 5.50. The Morgan fingerprint density at radius 1 is 1.13 bits per heavy atom. The van der Waals surface area contributed by atoms with Gasteiger partial charge in [0.05, 0.1) is 6.04 Å². The average molecular weight is 427 g/mol. The third-order valence-electron chi connectivity index (χ3n) is 5.30. The topological polar surface area (TPSA) is 88.2 Å². The Morgan fingerprint density at radius 2 is 1.81 bits per heavy atom. The SMILES string of the molecule is CC(NC(=O)CN1C(=O)C(C)N(c2ccc(F)cc2)C1=O)c1ccc2c(c1)OCCO2. The van der Waals surface area contributed by atoms with Crippen LogP contribution in [0.2, 0.25) is 0 Å². The van der Waals surface area contributed by atoms with E-state index in [2.05, 4.69) is 5.32 Å². The second-order valence-corrected chi connectivity index (χ2v) is 7.42. The quantitative estimate of drug-likeness (QED) is 0.742. The number of anilines is 1. The number of hydrogen-bond acceptors (Lipinski definition) is 5. The minimum Gasteiger partial charge on any atom is -0.486 e. The largest absolute Gasteiger partial charge is 0.486 e. The van der Waals surface area contributed by atoms with E-state index in [4.69, 9.17) is 9.47 Å². The van der Waals surface area contributed by atoms with E-state index in [1.165, 1.54) is 29.2 Å². The normalized spacial score (nSPS) is 18.9. The number of halogens is 1. The Morgan fingerprint density at radius 3 is 2.52 bits per heavy atom. The maximum atomic E-state index is 13.2. The fourth-order valence-corrected chi connectivity index (χ4v) is 3.65. The van der Waals surface area contributed by atoms with Crippen molar-refractivity contribution in [3.63, 3.8) is 0 Å². The molecule has 0 bridgehead atoms. The maximum absolute atomic E-state index is 13.2. The Hall–Kier alpha value is -3.62. The van der Waals surface area contributed by atoms with Crippen molar-refractivity contribution < 1.29 is 28.2 Å². The highest BCUT2D eigenvalue weighted by atomic mass is 19.1. The first-order valence-corrected chi connectivity index (χ1v) is 9.94. The van der Waals surface area contributed by atoms with Gasteiger partial charge in [0.2, 0.25) is 5.91 Å². The molecule has 0 radical (unpaired) electrons. The molecule has 4 rings (SSSR count). The zero-order valence-electron chi connectivity index (χ0n) is 17.1. The van der Waals surface area contributed by atoms with Gasteiger partial charge in [-0.3, -0.25) is 19.4 Å². The monoisotopic (exact) mass is 427 g/mol. The van der Waals surface area contributed by atoms with E-state index in [0.29, 0.717) is 30.4 Å². The highest BCUT2D eigenvalue weighted by molar-refractivity contribution is 6.15. The minimum absolute atomic E-state index is 0.373. The molecule has 0 aliphatic carbocycles. The Balaban J connectivity index is 1.42. The van der Waals surface area contributed by atoms with Crippen LogP contribution < -0.4 is 19.7 Å². The van der Waals surface area contributed by atoms with Crippen LogP contribution in [0.4, 0.5) is 14.9 Å². The molecule has 9 heteroatoms. The number of ether oxygens (including phenoxy) is 2. The summed E-state index contributed by atoms with van der Waals surface area (Å²) in [5, 5.41) is 2.80. The van der Waals surface area contributed by atoms with Crippen LogP contribution in [0.5, 0.6) is 11.5 Å². The molecule has 2 heterocycles. The third-order valence-corrected chi connectivity index (χ3v) is 5.30. The molecule has 31 heavy (non-hydrogen) atoms. The molecule has 1 N–H and O–H groups in total. The van der Waals surface area contributed by atoms with Crippen LogP contribution in [0.25, 0.3) is 0 Å². The van der Waals surface area contributed by atoms with Gasteiger partial charge in [-0.2, -0.15) is 0 Å². The second kappa shape index (κ2) is 8.25. The lowest BCUT2D eigenvalue weighted by molar-refractivity contribution is -0.132. The predicted molar refractivity (Wildman–Crippen MR) is 109 cm³/mol. The molecule has 0 saturated carbocycles. The molecule has 2 aromatic rings. The van der Waals surface area contributed by atoms with Crippen molar-refractivity contribution in [3.8, 4) is 11.5 Å². The molecule has 2 atom stereocenters. The van der Waals surface area contributed by atoms with E-state index in [9.17, 15) is 18.8 Å². The molecular weight excluding hydrogens is 405 g/mol. The molecule has 0 aromatic heterocycles. The lowest BCUT2D eigenvalue weighted by atomic mass is 10.1. The molecular formula is C22H22FN3O5. The first kappa shape index (κ1) is 20.6. The fraction of sp³-hybridized carbons (Fsp3) is 0.318. The Labute approximate surface area is 178 Å². The highest BCUT2D eigenvalue weighted by Crippen LogP contribution is 2.32. The van der Waals surface area contributed by atoms with Crippen LogP contribution in [-0.4, -0.2) is 48.5 Å². The molecule has 2 unspecified atom stereocenters. The van der Waals surface area contributed by atoms with E-state index in [-0.39, 0.29) is 6.04 Å². The summed E-state index contributed by atoms with van der Waals surface area (Å²) in [7, 11) is 0. The van der Waals surface area contributed by atoms with Gasteiger partial charge in [-0.25, -0.2) is 9.18 Å². The molecule has 162 valence electrons. The number of hydrogen-bond donors (Lipinski definition) is 1. The molecule has 2 aliphatic heterocycles. The Bertz CT molecular complexity index is 1030. The highest BCUT2D eigenvalue weighted by Gasteiger charge is 2.44. The zero-order valence-corrected chi connectivity index (χ0v) is 17.1. The standard InChI is InChI=1S/C22H22FN3O5/c1-13(15-3-8-18-19(11-15)31-10-9-30-18)24-20(27)12-25-21(28)14(2)26(22(25)29)17-6-4-16(23)5-7-17/h3-8,11,13-14H,9-10,12H2,1-2H3,(H,24,27). The van der Waals surface area contributed by atoms with E-state index in [0.717, 1.165) is 10.5 Å². The van der Waals surface area contributed by atoms with Crippen molar-refractivity contribution in [2.75, 3.05) is 24.7 Å². The lowest BCUT2D eigenvalue weighted by Crippen LogP contribution is -2.42. The molecule has 1 fully saturated rings. The summed E-state index contributed by atoms with van der Waals surface area (Å²) >= 11 is 0. The lowest BCUT2D eigenvalue weighted by Gasteiger charge is -2.22. The number of nitrogens with zero attached hydrogens (tertiary/aromatic N) is 2. The smallest absolute Gasteiger partial charge is 0.332 e. The van der Waals surface area contributed by atoms with Crippen molar-refractivity contribution in [1.82, 2.24) is 10.2 Å². The average Bonchev–Trinajstić information content (AvgIpc) is 2.97. The predicted octanol–water partition coefficient (Wildman–Crippen LogP) is 2.63. The summed E-state index contributed by atoms with van der Waals surface area (Å²) < 4.78 is 24.3. The van der Waals surface area contributed by atoms with Crippen molar-refractivity contribution in [3.05, 3.63) is 53.8 Å². The number of carbonyl (C=O) groups is 3. The van der Waals surface area contributed by atoms with E-state index in [1.807, 2.05) is 6.07 Å². The first-order valence-electron chi connectivity index (χ1n) is 9.94. The van der Waals surface area contributed by atoms with Gasteiger partial charge in [0, 0.05) is 5.69 Å². The van der Waals surface area contributed by atoms with Crippen molar-refractivity contribution in [2.24, 2.45) is 0 Å². The minimum atomic E-state index is -0.791. The van der Waals surface area contributed by atoms with E-state index in [1.54, 1.807) is 26.0 Å². The van der Waals surface area contributed by atoms with Gasteiger partial charge in [0.15, 0.2) is 11.5 Å². The summed E-state index contributed by atoms with van der Waals surface area (Å²) in [6.45, 7) is 3.90. The number of rotatable bonds is 5. The van der Waals surface area contributed by atoms with Crippen LogP contribution in [0, 0.1) is 5.82 Å². The van der Waals surface area contributed by atoms with E-state index < -0.39 is 36.2 Å². The summed E-state index contributed by atoms with van der Waals surface area (Å²) in [5.74, 6) is -0.150. The fourth-order valence-electron chi connectivity index (χ4n) is 3.65. The molecule has 2 aromatic carbocycles. The summed E-state index contributed by atoms with van der Waals surface area (Å²) in [5.41, 5.74) is 1.19. The second-order valence-electron chi connectivity index (χ2n) is 7.42. The van der Waals surface area contributed by atoms with Crippen LogP contribution >= 0.6 is 0 Å². The first-order chi connectivity index (χ1) is 14.8. The summed E-state index contributed by atoms with van der Waals surface area (Å²) in [6.07, 6.45) is 0. The van der Waals surface area contributed by atoms with E-state index >= 15 is 0 Å². The summed E-state index contributed by atoms with van der Waals surface area (Å²) in [6, 6.07) is 8.88. The number of benzene rings is 2. The molecule has 2 aliphatic rings. The molecule has 1 saturated heterocycles. The maximum Gasteiger partial charge on any atom is 0.332 e. The zero-order chi connectivity index (χ0) is 22.1.